The molecule has 2 rings (SSSR count). The van der Waals surface area contributed by atoms with Crippen LogP contribution in [0.2, 0.25) is 0 Å². The van der Waals surface area contributed by atoms with Gasteiger partial charge in [-0.1, -0.05) is 30.3 Å². The van der Waals surface area contributed by atoms with Gasteiger partial charge in [0.1, 0.15) is 6.23 Å². The summed E-state index contributed by atoms with van der Waals surface area (Å²) >= 11 is 0. The zero-order chi connectivity index (χ0) is 12.3. The molecule has 0 spiro atoms. The normalized spacial score (nSPS) is 12.9. The molecule has 1 unspecified atom stereocenters. The van der Waals surface area contributed by atoms with E-state index in [-0.39, 0.29) is 12.3 Å². The topological polar surface area (TPSA) is 14.2 Å². The van der Waals surface area contributed by atoms with Crippen LogP contribution in [0.25, 0.3) is 11.3 Å². The SMILES string of the molecule is CC(C)OC(C)n1cccc1-c1ccccc1. The van der Waals surface area contributed by atoms with Crippen molar-refractivity contribution in [3.8, 4) is 11.3 Å². The van der Waals surface area contributed by atoms with Gasteiger partial charge < -0.3 is 9.30 Å². The molecule has 2 nitrogen and oxygen atoms in total. The highest BCUT2D eigenvalue weighted by molar-refractivity contribution is 5.59. The summed E-state index contributed by atoms with van der Waals surface area (Å²) in [6, 6.07) is 14.6. The standard InChI is InChI=1S/C15H19NO/c1-12(2)17-13(3)16-11-7-10-15(16)14-8-5-4-6-9-14/h4-13H,1-3H3. The van der Waals surface area contributed by atoms with Gasteiger partial charge in [-0.05, 0) is 38.5 Å². The van der Waals surface area contributed by atoms with E-state index in [1.54, 1.807) is 0 Å². The Morgan fingerprint density at radius 1 is 0.941 bits per heavy atom. The summed E-state index contributed by atoms with van der Waals surface area (Å²) < 4.78 is 7.98. The minimum absolute atomic E-state index is 0.0557. The molecule has 0 saturated carbocycles. The van der Waals surface area contributed by atoms with Gasteiger partial charge in [0.2, 0.25) is 0 Å². The maximum Gasteiger partial charge on any atom is 0.131 e. The molecule has 0 N–H and O–H groups in total. The molecule has 2 heteroatoms. The second kappa shape index (κ2) is 5.19. The van der Waals surface area contributed by atoms with E-state index in [9.17, 15) is 0 Å². The van der Waals surface area contributed by atoms with Crippen LogP contribution < -0.4 is 0 Å². The van der Waals surface area contributed by atoms with Crippen LogP contribution in [0, 0.1) is 0 Å². The molecule has 1 atom stereocenters. The van der Waals surface area contributed by atoms with Gasteiger partial charge in [0.25, 0.3) is 0 Å². The van der Waals surface area contributed by atoms with E-state index in [1.807, 2.05) is 6.07 Å². The number of rotatable bonds is 4. The predicted molar refractivity (Wildman–Crippen MR) is 70.8 cm³/mol. The van der Waals surface area contributed by atoms with Crippen molar-refractivity contribution >= 4 is 0 Å². The van der Waals surface area contributed by atoms with Gasteiger partial charge in [-0.15, -0.1) is 0 Å². The third-order valence-corrected chi connectivity index (χ3v) is 2.71. The van der Waals surface area contributed by atoms with Gasteiger partial charge in [-0.25, -0.2) is 0 Å². The van der Waals surface area contributed by atoms with E-state index in [4.69, 9.17) is 4.74 Å². The summed E-state index contributed by atoms with van der Waals surface area (Å²) in [4.78, 5) is 0. The Morgan fingerprint density at radius 3 is 2.29 bits per heavy atom. The molecule has 1 aromatic heterocycles. The molecule has 0 aliphatic heterocycles. The molecule has 0 amide bonds. The predicted octanol–water partition coefficient (Wildman–Crippen LogP) is 4.10. The van der Waals surface area contributed by atoms with Gasteiger partial charge in [-0.3, -0.25) is 0 Å². The number of hydrogen-bond donors (Lipinski definition) is 0. The van der Waals surface area contributed by atoms with Crippen LogP contribution in [0.4, 0.5) is 0 Å². The third kappa shape index (κ3) is 2.77. The summed E-state index contributed by atoms with van der Waals surface area (Å²) in [5.41, 5.74) is 2.41. The monoisotopic (exact) mass is 229 g/mol. The van der Waals surface area contributed by atoms with Crippen LogP contribution >= 0.6 is 0 Å². The smallest absolute Gasteiger partial charge is 0.131 e. The van der Waals surface area contributed by atoms with E-state index in [1.165, 1.54) is 11.3 Å². The van der Waals surface area contributed by atoms with Crippen molar-refractivity contribution in [2.24, 2.45) is 0 Å². The number of aromatic nitrogens is 1. The Kier molecular flexibility index (Phi) is 3.64. The van der Waals surface area contributed by atoms with Crippen molar-refractivity contribution < 1.29 is 4.74 Å². The highest BCUT2D eigenvalue weighted by Crippen LogP contribution is 2.24. The number of ether oxygens (including phenoxy) is 1. The lowest BCUT2D eigenvalue weighted by Crippen LogP contribution is -2.14. The van der Waals surface area contributed by atoms with Crippen LogP contribution in [0.1, 0.15) is 27.0 Å². The summed E-state index contributed by atoms with van der Waals surface area (Å²) in [6.45, 7) is 6.19. The minimum Gasteiger partial charge on any atom is -0.356 e. The van der Waals surface area contributed by atoms with E-state index in [0.717, 1.165) is 0 Å². The molecule has 0 aliphatic rings. The molecular weight excluding hydrogens is 210 g/mol. The Balaban J connectivity index is 2.29. The largest absolute Gasteiger partial charge is 0.356 e. The maximum absolute atomic E-state index is 5.82. The average Bonchev–Trinajstić information content (AvgIpc) is 2.78. The summed E-state index contributed by atoms with van der Waals surface area (Å²) in [5.74, 6) is 0. The fourth-order valence-corrected chi connectivity index (χ4v) is 2.02. The van der Waals surface area contributed by atoms with E-state index in [2.05, 4.69) is 67.9 Å². The molecule has 17 heavy (non-hydrogen) atoms. The molecular formula is C15H19NO. The van der Waals surface area contributed by atoms with Gasteiger partial charge in [-0.2, -0.15) is 0 Å². The molecule has 0 fully saturated rings. The third-order valence-electron chi connectivity index (χ3n) is 2.71. The lowest BCUT2D eigenvalue weighted by molar-refractivity contribution is -0.0237. The van der Waals surface area contributed by atoms with Crippen LogP contribution in [0.5, 0.6) is 0 Å². The Bertz CT molecular complexity index is 459. The van der Waals surface area contributed by atoms with E-state index >= 15 is 0 Å². The Morgan fingerprint density at radius 2 is 1.65 bits per heavy atom. The second-order valence-corrected chi connectivity index (χ2v) is 4.45. The fraction of sp³-hybridized carbons (Fsp3) is 0.333. The molecule has 2 aromatic rings. The zero-order valence-corrected chi connectivity index (χ0v) is 10.6. The van der Waals surface area contributed by atoms with Crippen molar-refractivity contribution in [3.05, 3.63) is 48.7 Å². The van der Waals surface area contributed by atoms with Crippen molar-refractivity contribution in [1.82, 2.24) is 4.57 Å². The summed E-state index contributed by atoms with van der Waals surface area (Å²) in [6.07, 6.45) is 2.35. The molecule has 0 aliphatic carbocycles. The quantitative estimate of drug-likeness (QED) is 0.770. The van der Waals surface area contributed by atoms with Gasteiger partial charge in [0.15, 0.2) is 0 Å². The summed E-state index contributed by atoms with van der Waals surface area (Å²) in [5, 5.41) is 0. The minimum atomic E-state index is 0.0557. The maximum atomic E-state index is 5.82. The van der Waals surface area contributed by atoms with Gasteiger partial charge in [0.05, 0.1) is 11.8 Å². The highest BCUT2D eigenvalue weighted by atomic mass is 16.5. The fourth-order valence-electron chi connectivity index (χ4n) is 2.02. The first-order valence-electron chi connectivity index (χ1n) is 6.06. The van der Waals surface area contributed by atoms with Crippen molar-refractivity contribution in [2.45, 2.75) is 33.1 Å². The molecule has 1 aromatic carbocycles. The van der Waals surface area contributed by atoms with E-state index < -0.39 is 0 Å². The number of nitrogens with zero attached hydrogens (tertiary/aromatic N) is 1. The molecule has 0 bridgehead atoms. The second-order valence-electron chi connectivity index (χ2n) is 4.45. The summed E-state index contributed by atoms with van der Waals surface area (Å²) in [7, 11) is 0. The highest BCUT2D eigenvalue weighted by Gasteiger charge is 2.11. The molecule has 1 heterocycles. The van der Waals surface area contributed by atoms with Crippen LogP contribution in [0.15, 0.2) is 48.7 Å². The lowest BCUT2D eigenvalue weighted by atomic mass is 10.1. The molecule has 0 radical (unpaired) electrons. The van der Waals surface area contributed by atoms with Crippen molar-refractivity contribution in [2.75, 3.05) is 0 Å². The zero-order valence-electron chi connectivity index (χ0n) is 10.6. The van der Waals surface area contributed by atoms with Crippen LogP contribution in [-0.4, -0.2) is 10.7 Å². The van der Waals surface area contributed by atoms with Gasteiger partial charge in [0, 0.05) is 6.20 Å². The average molecular weight is 229 g/mol. The van der Waals surface area contributed by atoms with Gasteiger partial charge >= 0.3 is 0 Å². The molecule has 90 valence electrons. The molecule has 0 saturated heterocycles. The van der Waals surface area contributed by atoms with Crippen molar-refractivity contribution in [1.29, 1.82) is 0 Å². The van der Waals surface area contributed by atoms with Crippen LogP contribution in [0.3, 0.4) is 0 Å². The first kappa shape index (κ1) is 11.9. The van der Waals surface area contributed by atoms with Crippen molar-refractivity contribution in [3.63, 3.8) is 0 Å². The Labute approximate surface area is 103 Å². The van der Waals surface area contributed by atoms with Crippen LogP contribution in [-0.2, 0) is 4.74 Å². The Hall–Kier alpha value is -1.54. The number of hydrogen-bond acceptors (Lipinski definition) is 1. The number of benzene rings is 1. The first-order valence-corrected chi connectivity index (χ1v) is 6.06. The lowest BCUT2D eigenvalue weighted by Gasteiger charge is -2.20. The van der Waals surface area contributed by atoms with E-state index in [0.29, 0.717) is 0 Å². The first-order chi connectivity index (χ1) is 8.18.